The molecule has 1 heterocycles. The molecule has 2 rings (SSSR count). The topological polar surface area (TPSA) is 29.5 Å². The van der Waals surface area contributed by atoms with E-state index in [1.54, 1.807) is 6.07 Å². The third kappa shape index (κ3) is 3.80. The molecule has 0 amide bonds. The van der Waals surface area contributed by atoms with Crippen LogP contribution in [-0.4, -0.2) is 31.1 Å². The Morgan fingerprint density at radius 3 is 2.74 bits per heavy atom. The summed E-state index contributed by atoms with van der Waals surface area (Å²) in [6.07, 6.45) is 2.52. The van der Waals surface area contributed by atoms with E-state index in [2.05, 4.69) is 27.8 Å². The number of ether oxygens (including phenoxy) is 1. The van der Waals surface area contributed by atoms with Gasteiger partial charge in [0.2, 0.25) is 0 Å². The number of hydrogen-bond acceptors (Lipinski definition) is 3. The van der Waals surface area contributed by atoms with Gasteiger partial charge >= 0.3 is 5.97 Å². The van der Waals surface area contributed by atoms with E-state index in [9.17, 15) is 4.79 Å². The Morgan fingerprint density at radius 1 is 1.42 bits per heavy atom. The van der Waals surface area contributed by atoms with Crippen molar-refractivity contribution in [3.63, 3.8) is 0 Å². The maximum atomic E-state index is 11.6. The van der Waals surface area contributed by atoms with E-state index < -0.39 is 0 Å². The number of carbonyl (C=O) groups is 1. The molecule has 0 radical (unpaired) electrons. The molecule has 1 aromatic rings. The van der Waals surface area contributed by atoms with Gasteiger partial charge in [0.15, 0.2) is 0 Å². The van der Waals surface area contributed by atoms with Gasteiger partial charge in [-0.2, -0.15) is 0 Å². The lowest BCUT2D eigenvalue weighted by molar-refractivity contribution is 0.0600. The van der Waals surface area contributed by atoms with Crippen LogP contribution in [0.5, 0.6) is 0 Å². The van der Waals surface area contributed by atoms with Crippen molar-refractivity contribution in [3.8, 4) is 0 Å². The molecule has 19 heavy (non-hydrogen) atoms. The highest BCUT2D eigenvalue weighted by Gasteiger charge is 2.17. The Kier molecular flexibility index (Phi) is 4.99. The molecule has 1 aliphatic heterocycles. The first-order valence-electron chi connectivity index (χ1n) is 6.69. The van der Waals surface area contributed by atoms with E-state index in [4.69, 9.17) is 4.74 Å². The van der Waals surface area contributed by atoms with E-state index in [-0.39, 0.29) is 5.97 Å². The van der Waals surface area contributed by atoms with Gasteiger partial charge in [0.25, 0.3) is 0 Å². The van der Waals surface area contributed by atoms with E-state index in [1.165, 1.54) is 20.0 Å². The Hall–Kier alpha value is -0.870. The number of piperidine rings is 1. The second-order valence-corrected chi connectivity index (χ2v) is 6.11. The molecule has 3 nitrogen and oxygen atoms in total. The normalized spacial score (nSPS) is 17.4. The largest absolute Gasteiger partial charge is 0.465 e. The molecule has 4 heteroatoms. The minimum absolute atomic E-state index is 0.277. The predicted octanol–water partition coefficient (Wildman–Crippen LogP) is 3.47. The molecule has 0 N–H and O–H groups in total. The Bertz CT molecular complexity index is 453. The number of carbonyl (C=O) groups excluding carboxylic acids is 1. The van der Waals surface area contributed by atoms with Gasteiger partial charge in [0.1, 0.15) is 0 Å². The second kappa shape index (κ2) is 6.53. The van der Waals surface area contributed by atoms with Crippen LogP contribution in [0.1, 0.15) is 35.7 Å². The molecule has 1 aliphatic rings. The highest BCUT2D eigenvalue weighted by molar-refractivity contribution is 9.10. The van der Waals surface area contributed by atoms with Crippen LogP contribution in [0.25, 0.3) is 0 Å². The molecule has 1 aromatic carbocycles. The zero-order valence-electron chi connectivity index (χ0n) is 11.5. The monoisotopic (exact) mass is 325 g/mol. The fourth-order valence-electron chi connectivity index (χ4n) is 2.40. The molecule has 0 atom stereocenters. The minimum Gasteiger partial charge on any atom is -0.465 e. The van der Waals surface area contributed by atoms with Gasteiger partial charge in [-0.05, 0) is 55.6 Å². The maximum absolute atomic E-state index is 11.6. The van der Waals surface area contributed by atoms with Crippen molar-refractivity contribution in [2.24, 2.45) is 5.92 Å². The van der Waals surface area contributed by atoms with Crippen molar-refractivity contribution < 1.29 is 9.53 Å². The Morgan fingerprint density at radius 2 is 2.11 bits per heavy atom. The number of nitrogens with zero attached hydrogens (tertiary/aromatic N) is 1. The van der Waals surface area contributed by atoms with E-state index in [0.29, 0.717) is 5.56 Å². The molecular weight excluding hydrogens is 306 g/mol. The molecule has 0 spiro atoms. The molecule has 0 aliphatic carbocycles. The quantitative estimate of drug-likeness (QED) is 0.797. The van der Waals surface area contributed by atoms with Crippen LogP contribution in [0.4, 0.5) is 0 Å². The van der Waals surface area contributed by atoms with Gasteiger partial charge in [-0.3, -0.25) is 4.90 Å². The van der Waals surface area contributed by atoms with E-state index >= 15 is 0 Å². The van der Waals surface area contributed by atoms with Gasteiger partial charge in [0.05, 0.1) is 12.7 Å². The lowest BCUT2D eigenvalue weighted by atomic mass is 9.98. The molecule has 1 fully saturated rings. The van der Waals surface area contributed by atoms with Crippen molar-refractivity contribution in [2.45, 2.75) is 26.3 Å². The molecule has 0 saturated carbocycles. The lowest BCUT2D eigenvalue weighted by Crippen LogP contribution is -2.32. The number of likely N-dealkylation sites (tertiary alicyclic amines) is 1. The zero-order valence-corrected chi connectivity index (χ0v) is 13.1. The number of benzene rings is 1. The molecule has 0 unspecified atom stereocenters. The van der Waals surface area contributed by atoms with Crippen LogP contribution in [0.15, 0.2) is 22.7 Å². The third-order valence-electron chi connectivity index (χ3n) is 3.74. The number of halogens is 1. The maximum Gasteiger partial charge on any atom is 0.337 e. The fraction of sp³-hybridized carbons (Fsp3) is 0.533. The van der Waals surface area contributed by atoms with Crippen LogP contribution in [0.2, 0.25) is 0 Å². The predicted molar refractivity (Wildman–Crippen MR) is 79.2 cm³/mol. The summed E-state index contributed by atoms with van der Waals surface area (Å²) in [6, 6.07) is 5.64. The number of esters is 1. The molecule has 1 saturated heterocycles. The summed E-state index contributed by atoms with van der Waals surface area (Å²) in [6.45, 7) is 5.47. The molecule has 0 aromatic heterocycles. The molecular formula is C15H20BrNO2. The van der Waals surface area contributed by atoms with Gasteiger partial charge < -0.3 is 4.74 Å². The van der Waals surface area contributed by atoms with Gasteiger partial charge in [-0.15, -0.1) is 0 Å². The van der Waals surface area contributed by atoms with Crippen molar-refractivity contribution >= 4 is 21.9 Å². The van der Waals surface area contributed by atoms with Gasteiger partial charge in [-0.1, -0.05) is 22.9 Å². The highest BCUT2D eigenvalue weighted by atomic mass is 79.9. The first kappa shape index (κ1) is 14.5. The summed E-state index contributed by atoms with van der Waals surface area (Å²) in [4.78, 5) is 14.0. The first-order valence-corrected chi connectivity index (χ1v) is 7.48. The summed E-state index contributed by atoms with van der Waals surface area (Å²) in [5.41, 5.74) is 1.77. The smallest absolute Gasteiger partial charge is 0.337 e. The SMILES string of the molecule is COC(=O)c1ccc(Br)c(CN2CCC(C)CC2)c1. The zero-order chi connectivity index (χ0) is 13.8. The second-order valence-electron chi connectivity index (χ2n) is 5.26. The van der Waals surface area contributed by atoms with Crippen molar-refractivity contribution in [1.82, 2.24) is 4.90 Å². The van der Waals surface area contributed by atoms with Crippen LogP contribution in [0, 0.1) is 5.92 Å². The lowest BCUT2D eigenvalue weighted by Gasteiger charge is -2.30. The summed E-state index contributed by atoms with van der Waals surface area (Å²) in [7, 11) is 1.41. The van der Waals surface area contributed by atoms with Crippen LogP contribution < -0.4 is 0 Å². The number of hydrogen-bond donors (Lipinski definition) is 0. The third-order valence-corrected chi connectivity index (χ3v) is 4.51. The van der Waals surface area contributed by atoms with Crippen LogP contribution >= 0.6 is 15.9 Å². The van der Waals surface area contributed by atoms with Crippen LogP contribution in [0.3, 0.4) is 0 Å². The van der Waals surface area contributed by atoms with Gasteiger partial charge in [0, 0.05) is 11.0 Å². The Labute approximate surface area is 123 Å². The number of rotatable bonds is 3. The first-order chi connectivity index (χ1) is 9.10. The van der Waals surface area contributed by atoms with Crippen molar-refractivity contribution in [2.75, 3.05) is 20.2 Å². The highest BCUT2D eigenvalue weighted by Crippen LogP contribution is 2.23. The summed E-state index contributed by atoms with van der Waals surface area (Å²) in [5.74, 6) is 0.558. The summed E-state index contributed by atoms with van der Waals surface area (Å²) < 4.78 is 5.82. The van der Waals surface area contributed by atoms with Gasteiger partial charge in [-0.25, -0.2) is 4.79 Å². The standard InChI is InChI=1S/C15H20BrNO2/c1-11-5-7-17(8-6-11)10-13-9-12(15(18)19-2)3-4-14(13)16/h3-4,9,11H,5-8,10H2,1-2H3. The Balaban J connectivity index is 2.08. The fourth-order valence-corrected chi connectivity index (χ4v) is 2.77. The average molecular weight is 326 g/mol. The minimum atomic E-state index is -0.277. The average Bonchev–Trinajstić information content (AvgIpc) is 2.43. The van der Waals surface area contributed by atoms with Crippen LogP contribution in [-0.2, 0) is 11.3 Å². The molecule has 0 bridgehead atoms. The summed E-state index contributed by atoms with van der Waals surface area (Å²) in [5, 5.41) is 0. The molecule has 104 valence electrons. The number of methoxy groups -OCH3 is 1. The van der Waals surface area contributed by atoms with E-state index in [1.807, 2.05) is 12.1 Å². The summed E-state index contributed by atoms with van der Waals surface area (Å²) >= 11 is 3.56. The van der Waals surface area contributed by atoms with E-state index in [0.717, 1.165) is 35.6 Å². The van der Waals surface area contributed by atoms with Crippen molar-refractivity contribution in [1.29, 1.82) is 0 Å². The van der Waals surface area contributed by atoms with Crippen molar-refractivity contribution in [3.05, 3.63) is 33.8 Å².